The molecule has 4 heteroatoms. The van der Waals surface area contributed by atoms with Crippen molar-refractivity contribution in [1.29, 1.82) is 0 Å². The van der Waals surface area contributed by atoms with E-state index in [1.165, 1.54) is 0 Å². The van der Waals surface area contributed by atoms with Crippen LogP contribution in [0.2, 0.25) is 0 Å². The van der Waals surface area contributed by atoms with Crippen LogP contribution in [0.15, 0.2) is 43.0 Å². The van der Waals surface area contributed by atoms with Gasteiger partial charge in [0.15, 0.2) is 0 Å². The molecule has 0 amide bonds. The molecule has 142 valence electrons. The van der Waals surface area contributed by atoms with E-state index in [1.54, 1.807) is 0 Å². The molecule has 1 aromatic heterocycles. The van der Waals surface area contributed by atoms with Crippen LogP contribution in [0.5, 0.6) is 11.5 Å². The van der Waals surface area contributed by atoms with Gasteiger partial charge in [-0.2, -0.15) is 0 Å². The summed E-state index contributed by atoms with van der Waals surface area (Å²) in [7, 11) is 0. The number of nitrogens with zero attached hydrogens (tertiary/aromatic N) is 2. The summed E-state index contributed by atoms with van der Waals surface area (Å²) in [5.74, 6) is 1.75. The zero-order chi connectivity index (χ0) is 18.7. The van der Waals surface area contributed by atoms with Crippen molar-refractivity contribution in [2.24, 2.45) is 5.41 Å². The van der Waals surface area contributed by atoms with Crippen molar-refractivity contribution >= 4 is 0 Å². The van der Waals surface area contributed by atoms with Gasteiger partial charge in [0, 0.05) is 18.9 Å². The Hall–Kier alpha value is -1.97. The fourth-order valence-electron chi connectivity index (χ4n) is 2.62. The van der Waals surface area contributed by atoms with Crippen LogP contribution in [0.3, 0.4) is 0 Å². The maximum absolute atomic E-state index is 5.79. The van der Waals surface area contributed by atoms with E-state index in [-0.39, 0.29) is 5.41 Å². The molecule has 0 bridgehead atoms. The third-order valence-corrected chi connectivity index (χ3v) is 4.11. The summed E-state index contributed by atoms with van der Waals surface area (Å²) in [4.78, 5) is 4.04. The zero-order valence-electron chi connectivity index (χ0n) is 16.2. The van der Waals surface area contributed by atoms with E-state index in [1.807, 2.05) is 49.6 Å². The molecule has 4 nitrogen and oxygen atoms in total. The molecule has 0 aliphatic heterocycles. The monoisotopic (exact) mass is 356 g/mol. The topological polar surface area (TPSA) is 36.3 Å². The van der Waals surface area contributed by atoms with Crippen molar-refractivity contribution in [3.8, 4) is 11.5 Å². The fourth-order valence-corrected chi connectivity index (χ4v) is 2.62. The van der Waals surface area contributed by atoms with Crippen LogP contribution < -0.4 is 9.47 Å². The van der Waals surface area contributed by atoms with Gasteiger partial charge in [-0.15, -0.1) is 0 Å². The quantitative estimate of drug-likeness (QED) is 0.432. The summed E-state index contributed by atoms with van der Waals surface area (Å²) in [6.45, 7) is 12.1. The van der Waals surface area contributed by atoms with Crippen LogP contribution in [-0.2, 0) is 6.54 Å². The van der Waals surface area contributed by atoms with Gasteiger partial charge < -0.3 is 14.0 Å². The lowest BCUT2D eigenvalue weighted by atomic mass is 9.90. The molecule has 0 fully saturated rings. The third-order valence-electron chi connectivity index (χ3n) is 4.11. The molecule has 1 aromatic carbocycles. The number of ether oxygens (including phenoxy) is 2. The predicted octanol–water partition coefficient (Wildman–Crippen LogP) is 5.70. The normalized spacial score (nSPS) is 11.5. The summed E-state index contributed by atoms with van der Waals surface area (Å²) in [6.07, 6.45) is 12.2. The number of rotatable bonds is 13. The van der Waals surface area contributed by atoms with Gasteiger partial charge in [0.05, 0.1) is 12.9 Å². The van der Waals surface area contributed by atoms with Gasteiger partial charge in [0.2, 0.25) is 0 Å². The number of hydrogen-bond donors (Lipinski definition) is 0. The SMILES string of the molecule is [CH2]C(C)(C)CCC[CH]Oc1ccc(OCCCCCn2ccnc2)cc1. The first kappa shape index (κ1) is 20.3. The van der Waals surface area contributed by atoms with Crippen LogP contribution in [0.25, 0.3) is 0 Å². The van der Waals surface area contributed by atoms with E-state index < -0.39 is 0 Å². The molecule has 0 aliphatic carbocycles. The smallest absolute Gasteiger partial charge is 0.135 e. The first-order valence-electron chi connectivity index (χ1n) is 9.55. The minimum atomic E-state index is 0.145. The average molecular weight is 357 g/mol. The second-order valence-corrected chi connectivity index (χ2v) is 7.52. The van der Waals surface area contributed by atoms with E-state index in [0.717, 1.165) is 63.2 Å². The lowest BCUT2D eigenvalue weighted by molar-refractivity contribution is 0.303. The summed E-state index contributed by atoms with van der Waals surface area (Å²) in [5.41, 5.74) is 0.145. The Balaban J connectivity index is 1.51. The highest BCUT2D eigenvalue weighted by Gasteiger charge is 2.09. The molecule has 2 rings (SSSR count). The number of aromatic nitrogens is 2. The summed E-state index contributed by atoms with van der Waals surface area (Å²) < 4.78 is 13.6. The number of hydrogen-bond acceptors (Lipinski definition) is 3. The predicted molar refractivity (Wildman–Crippen MR) is 106 cm³/mol. The van der Waals surface area contributed by atoms with Gasteiger partial charge in [-0.05, 0) is 75.1 Å². The highest BCUT2D eigenvalue weighted by molar-refractivity contribution is 5.31. The van der Waals surface area contributed by atoms with Gasteiger partial charge in [0.1, 0.15) is 18.1 Å². The largest absolute Gasteiger partial charge is 0.494 e. The molecule has 0 saturated carbocycles. The highest BCUT2D eigenvalue weighted by Crippen LogP contribution is 2.23. The van der Waals surface area contributed by atoms with Crippen LogP contribution >= 0.6 is 0 Å². The van der Waals surface area contributed by atoms with Gasteiger partial charge >= 0.3 is 0 Å². The van der Waals surface area contributed by atoms with Crippen LogP contribution in [-0.4, -0.2) is 16.2 Å². The Kier molecular flexibility index (Phi) is 8.52. The third kappa shape index (κ3) is 8.93. The van der Waals surface area contributed by atoms with E-state index in [2.05, 4.69) is 30.3 Å². The van der Waals surface area contributed by atoms with Crippen molar-refractivity contribution in [3.05, 3.63) is 56.5 Å². The van der Waals surface area contributed by atoms with E-state index in [4.69, 9.17) is 9.47 Å². The lowest BCUT2D eigenvalue weighted by Crippen LogP contribution is -2.05. The fraction of sp³-hybridized carbons (Fsp3) is 0.500. The molecule has 2 radical (unpaired) electrons. The molecule has 0 aliphatic rings. The Morgan fingerprint density at radius 2 is 1.85 bits per heavy atom. The summed E-state index contributed by atoms with van der Waals surface area (Å²) in [5, 5.41) is 0. The molecule has 0 N–H and O–H groups in total. The Bertz CT molecular complexity index is 586. The Morgan fingerprint density at radius 3 is 2.54 bits per heavy atom. The summed E-state index contributed by atoms with van der Waals surface area (Å²) in [6, 6.07) is 7.84. The average Bonchev–Trinajstić information content (AvgIpc) is 3.11. The second kappa shape index (κ2) is 10.9. The van der Waals surface area contributed by atoms with E-state index in [0.29, 0.717) is 0 Å². The summed E-state index contributed by atoms with van der Waals surface area (Å²) >= 11 is 0. The first-order valence-corrected chi connectivity index (χ1v) is 9.55. The van der Waals surface area contributed by atoms with Crippen molar-refractivity contribution < 1.29 is 9.47 Å². The second-order valence-electron chi connectivity index (χ2n) is 7.52. The number of unbranched alkanes of at least 4 members (excludes halogenated alkanes) is 3. The molecule has 2 aromatic rings. The maximum atomic E-state index is 5.79. The van der Waals surface area contributed by atoms with Crippen molar-refractivity contribution in [3.63, 3.8) is 0 Å². The Labute approximate surface area is 158 Å². The molecular weight excluding hydrogens is 324 g/mol. The highest BCUT2D eigenvalue weighted by atomic mass is 16.5. The van der Waals surface area contributed by atoms with E-state index in [9.17, 15) is 0 Å². The van der Waals surface area contributed by atoms with Crippen LogP contribution in [0.4, 0.5) is 0 Å². The van der Waals surface area contributed by atoms with Crippen LogP contribution in [0.1, 0.15) is 52.4 Å². The Morgan fingerprint density at radius 1 is 1.08 bits per heavy atom. The van der Waals surface area contributed by atoms with Gasteiger partial charge in [-0.25, -0.2) is 4.98 Å². The van der Waals surface area contributed by atoms with Crippen molar-refractivity contribution in [2.45, 2.75) is 58.9 Å². The molecule has 0 spiro atoms. The molecule has 26 heavy (non-hydrogen) atoms. The van der Waals surface area contributed by atoms with Crippen molar-refractivity contribution in [2.75, 3.05) is 6.61 Å². The van der Waals surface area contributed by atoms with Gasteiger partial charge in [-0.1, -0.05) is 13.8 Å². The minimum Gasteiger partial charge on any atom is -0.494 e. The van der Waals surface area contributed by atoms with Crippen LogP contribution in [0, 0.1) is 18.9 Å². The van der Waals surface area contributed by atoms with Gasteiger partial charge in [-0.3, -0.25) is 0 Å². The number of aryl methyl sites for hydroxylation is 1. The molecular formula is C22H32N2O2. The minimum absolute atomic E-state index is 0.145. The lowest BCUT2D eigenvalue weighted by Gasteiger charge is -2.17. The van der Waals surface area contributed by atoms with E-state index >= 15 is 0 Å². The number of benzene rings is 1. The molecule has 0 atom stereocenters. The van der Waals surface area contributed by atoms with Gasteiger partial charge in [0.25, 0.3) is 0 Å². The molecule has 1 heterocycles. The number of imidazole rings is 1. The first-order chi connectivity index (χ1) is 12.5. The zero-order valence-corrected chi connectivity index (χ0v) is 16.2. The molecule has 0 unspecified atom stereocenters. The maximum Gasteiger partial charge on any atom is 0.135 e. The standard InChI is InChI=1S/C22H32N2O2/c1-22(2,3)13-5-8-18-26-21-11-9-20(10-12-21)25-17-7-4-6-15-24-16-14-23-19-24/h9-12,14,16,18-19H,1,4-8,13,15,17H2,2-3H3. The van der Waals surface area contributed by atoms with Crippen molar-refractivity contribution in [1.82, 2.24) is 9.55 Å². The molecule has 0 saturated heterocycles.